The average molecular weight is 312 g/mol. The summed E-state index contributed by atoms with van der Waals surface area (Å²) in [6.45, 7) is 6.83. The fourth-order valence-corrected chi connectivity index (χ4v) is 1.25. The first kappa shape index (κ1) is 24.4. The molecular formula is C16H24O3Ti. The van der Waals surface area contributed by atoms with Crippen LogP contribution in [0.15, 0.2) is 36.4 Å². The monoisotopic (exact) mass is 312 g/mol. The van der Waals surface area contributed by atoms with Crippen LogP contribution in [-0.2, 0) is 21.7 Å². The summed E-state index contributed by atoms with van der Waals surface area (Å²) in [4.78, 5) is 0. The van der Waals surface area contributed by atoms with Crippen LogP contribution in [0.2, 0.25) is 0 Å². The Morgan fingerprint density at radius 2 is 1.35 bits per heavy atom. The first-order chi connectivity index (χ1) is 9.10. The van der Waals surface area contributed by atoms with E-state index in [0.717, 1.165) is 0 Å². The van der Waals surface area contributed by atoms with E-state index in [-0.39, 0.29) is 41.5 Å². The Balaban J connectivity index is -0.000000247. The van der Waals surface area contributed by atoms with Gasteiger partial charge in [-0.05, 0) is 6.92 Å². The van der Waals surface area contributed by atoms with Gasteiger partial charge >= 0.3 is 21.7 Å². The second-order valence-electron chi connectivity index (χ2n) is 3.52. The average Bonchev–Trinajstić information content (AvgIpc) is 2.79. The van der Waals surface area contributed by atoms with Gasteiger partial charge in [0.25, 0.3) is 0 Å². The van der Waals surface area contributed by atoms with Gasteiger partial charge in [-0.15, -0.1) is 49.5 Å². The van der Waals surface area contributed by atoms with Crippen molar-refractivity contribution in [1.82, 2.24) is 0 Å². The molecule has 110 valence electrons. The van der Waals surface area contributed by atoms with Gasteiger partial charge in [0.05, 0.1) is 0 Å². The summed E-state index contributed by atoms with van der Waals surface area (Å²) < 4.78 is 0. The molecule has 2 aromatic carbocycles. The molecule has 0 N–H and O–H groups in total. The van der Waals surface area contributed by atoms with Crippen LogP contribution in [0.3, 0.4) is 0 Å². The molecule has 0 amide bonds. The summed E-state index contributed by atoms with van der Waals surface area (Å²) in [6, 6.07) is 12.9. The van der Waals surface area contributed by atoms with E-state index in [4.69, 9.17) is 15.3 Å². The smallest absolute Gasteiger partial charge is 0.855 e. The minimum Gasteiger partial charge on any atom is -0.855 e. The van der Waals surface area contributed by atoms with Crippen molar-refractivity contribution in [2.75, 3.05) is 19.8 Å². The number of rotatable bonds is 0. The molecule has 2 aromatic rings. The van der Waals surface area contributed by atoms with E-state index >= 15 is 0 Å². The minimum atomic E-state index is 0. The minimum absolute atomic E-state index is 0. The Hall–Kier alpha value is -0.576. The molecule has 0 saturated carbocycles. The normalized spacial score (nSPS) is 7.95. The maximum absolute atomic E-state index is 8.93. The second-order valence-corrected chi connectivity index (χ2v) is 3.52. The van der Waals surface area contributed by atoms with E-state index < -0.39 is 0 Å². The topological polar surface area (TPSA) is 69.2 Å². The number of aryl methyl sites for hydroxylation is 1. The third-order valence-corrected chi connectivity index (χ3v) is 1.79. The van der Waals surface area contributed by atoms with Crippen LogP contribution in [0, 0.1) is 6.92 Å². The van der Waals surface area contributed by atoms with Crippen LogP contribution in [-0.4, -0.2) is 19.8 Å². The SMILES string of the molecule is CC[O-].CC[O-].CC[O-].Cc1ccc2[cH-]ccc2c1.[Ti+4]. The van der Waals surface area contributed by atoms with Gasteiger partial charge in [-0.2, -0.15) is 17.5 Å². The van der Waals surface area contributed by atoms with Gasteiger partial charge in [0.2, 0.25) is 0 Å². The van der Waals surface area contributed by atoms with E-state index in [1.54, 1.807) is 20.8 Å². The van der Waals surface area contributed by atoms with Crippen molar-refractivity contribution >= 4 is 10.8 Å². The standard InChI is InChI=1S/C10H9.3C2H5O.Ti/c1-8-5-6-9-3-2-4-10(9)7-8;3*1-2-3;/h2-7H,1H3;3*2H2,1H3;/q4*-1;+4. The Kier molecular flexibility index (Phi) is 22.5. The van der Waals surface area contributed by atoms with E-state index in [2.05, 4.69) is 43.3 Å². The number of fused-ring (bicyclic) bond motifs is 1. The van der Waals surface area contributed by atoms with Gasteiger partial charge in [0.15, 0.2) is 0 Å². The first-order valence-corrected chi connectivity index (χ1v) is 6.47. The maximum atomic E-state index is 8.93. The zero-order valence-corrected chi connectivity index (χ0v) is 14.4. The Labute approximate surface area is 137 Å². The maximum Gasteiger partial charge on any atom is 4.00 e. The third-order valence-electron chi connectivity index (χ3n) is 1.79. The summed E-state index contributed by atoms with van der Waals surface area (Å²) in [5.41, 5.74) is 1.33. The van der Waals surface area contributed by atoms with Crippen LogP contribution in [0.4, 0.5) is 0 Å². The molecule has 0 spiro atoms. The first-order valence-electron chi connectivity index (χ1n) is 6.47. The molecule has 20 heavy (non-hydrogen) atoms. The molecule has 0 aliphatic rings. The molecule has 0 saturated heterocycles. The molecule has 0 unspecified atom stereocenters. The zero-order chi connectivity index (χ0) is 15.1. The largest absolute Gasteiger partial charge is 4.00 e. The third kappa shape index (κ3) is 13.8. The Bertz CT molecular complexity index is 395. The molecule has 0 heterocycles. The molecule has 4 heteroatoms. The van der Waals surface area contributed by atoms with Gasteiger partial charge in [-0.1, -0.05) is 26.3 Å². The second kappa shape index (κ2) is 18.4. The predicted octanol–water partition coefficient (Wildman–Crippen LogP) is 0.964. The molecule has 3 nitrogen and oxygen atoms in total. The number of hydrogen-bond donors (Lipinski definition) is 0. The van der Waals surface area contributed by atoms with Crippen molar-refractivity contribution in [2.24, 2.45) is 0 Å². The van der Waals surface area contributed by atoms with E-state index in [0.29, 0.717) is 0 Å². The van der Waals surface area contributed by atoms with Crippen molar-refractivity contribution in [1.29, 1.82) is 0 Å². The van der Waals surface area contributed by atoms with Crippen LogP contribution in [0.5, 0.6) is 0 Å². The number of benzene rings is 1. The van der Waals surface area contributed by atoms with Gasteiger partial charge in [0.1, 0.15) is 0 Å². The van der Waals surface area contributed by atoms with E-state index in [9.17, 15) is 0 Å². The van der Waals surface area contributed by atoms with Crippen LogP contribution in [0.25, 0.3) is 10.8 Å². The fraction of sp³-hybridized carbons (Fsp3) is 0.438. The van der Waals surface area contributed by atoms with Crippen molar-refractivity contribution in [3.05, 3.63) is 42.0 Å². The zero-order valence-electron chi connectivity index (χ0n) is 12.8. The molecule has 0 radical (unpaired) electrons. The van der Waals surface area contributed by atoms with Crippen molar-refractivity contribution in [3.8, 4) is 0 Å². The molecule has 0 atom stereocenters. The molecule has 2 rings (SSSR count). The van der Waals surface area contributed by atoms with Crippen molar-refractivity contribution in [2.45, 2.75) is 27.7 Å². The van der Waals surface area contributed by atoms with Gasteiger partial charge in [0, 0.05) is 0 Å². The molecule has 0 bridgehead atoms. The number of hydrogen-bond acceptors (Lipinski definition) is 3. The fourth-order valence-electron chi connectivity index (χ4n) is 1.25. The summed E-state index contributed by atoms with van der Waals surface area (Å²) >= 11 is 0. The quantitative estimate of drug-likeness (QED) is 0.537. The molecule has 0 aliphatic heterocycles. The van der Waals surface area contributed by atoms with Crippen LogP contribution < -0.4 is 15.3 Å². The van der Waals surface area contributed by atoms with Crippen molar-refractivity contribution in [3.63, 3.8) is 0 Å². The summed E-state index contributed by atoms with van der Waals surface area (Å²) in [6.07, 6.45) is 0. The predicted molar refractivity (Wildman–Crippen MR) is 75.9 cm³/mol. The Morgan fingerprint density at radius 3 is 1.80 bits per heavy atom. The van der Waals surface area contributed by atoms with Gasteiger partial charge < -0.3 is 15.3 Å². The van der Waals surface area contributed by atoms with Gasteiger partial charge in [-0.25, -0.2) is 0 Å². The molecule has 0 aliphatic carbocycles. The molecule has 0 fully saturated rings. The molecular weight excluding hydrogens is 288 g/mol. The summed E-state index contributed by atoms with van der Waals surface area (Å²) in [7, 11) is 0. The van der Waals surface area contributed by atoms with Crippen molar-refractivity contribution < 1.29 is 37.0 Å². The van der Waals surface area contributed by atoms with E-state index in [1.807, 2.05) is 0 Å². The Morgan fingerprint density at radius 1 is 0.900 bits per heavy atom. The summed E-state index contributed by atoms with van der Waals surface area (Å²) in [5, 5.41) is 29.5. The van der Waals surface area contributed by atoms with Gasteiger partial charge in [-0.3, -0.25) is 0 Å². The summed E-state index contributed by atoms with van der Waals surface area (Å²) in [5.74, 6) is 0. The molecule has 0 aromatic heterocycles. The van der Waals surface area contributed by atoms with Crippen LogP contribution >= 0.6 is 0 Å². The van der Waals surface area contributed by atoms with Crippen LogP contribution in [0.1, 0.15) is 26.3 Å². The van der Waals surface area contributed by atoms with E-state index in [1.165, 1.54) is 16.3 Å².